The molecule has 0 N–H and O–H groups in total. The summed E-state index contributed by atoms with van der Waals surface area (Å²) in [7, 11) is 0. The van der Waals surface area contributed by atoms with Gasteiger partial charge in [0.15, 0.2) is 0 Å². The van der Waals surface area contributed by atoms with Crippen LogP contribution >= 0.6 is 11.3 Å². The molecule has 3 fully saturated rings. The molecule has 2 bridgehead atoms. The number of furan rings is 1. The zero-order valence-electron chi connectivity index (χ0n) is 13.6. The molecule has 0 saturated carbocycles. The number of nitrogens with zero attached hydrogens (tertiary/aromatic N) is 2. The second-order valence-corrected chi connectivity index (χ2v) is 7.61. The van der Waals surface area contributed by atoms with Crippen LogP contribution in [-0.4, -0.2) is 41.6 Å². The third kappa shape index (κ3) is 3.49. The first kappa shape index (κ1) is 15.7. The summed E-state index contributed by atoms with van der Waals surface area (Å²) >= 11 is 1.65. The van der Waals surface area contributed by atoms with Crippen molar-refractivity contribution in [3.63, 3.8) is 0 Å². The van der Waals surface area contributed by atoms with Crippen molar-refractivity contribution < 1.29 is 13.9 Å². The molecule has 0 unspecified atom stereocenters. The Kier molecular flexibility index (Phi) is 4.58. The molecule has 3 saturated heterocycles. The third-order valence-electron chi connectivity index (χ3n) is 4.96. The minimum atomic E-state index is -0.237. The maximum atomic E-state index is 12.8. The van der Waals surface area contributed by atoms with Crippen molar-refractivity contribution in [3.05, 3.63) is 46.5 Å². The van der Waals surface area contributed by atoms with Gasteiger partial charge in [-0.1, -0.05) is 6.07 Å². The highest BCUT2D eigenvalue weighted by Crippen LogP contribution is 2.30. The summed E-state index contributed by atoms with van der Waals surface area (Å²) in [6, 6.07) is 7.78. The van der Waals surface area contributed by atoms with Gasteiger partial charge in [-0.3, -0.25) is 9.80 Å². The number of ether oxygens (including phenoxy) is 1. The highest BCUT2D eigenvalue weighted by atomic mass is 32.1. The summed E-state index contributed by atoms with van der Waals surface area (Å²) in [5.41, 5.74) is 0. The molecule has 5 nitrogen and oxygen atoms in total. The van der Waals surface area contributed by atoms with Crippen LogP contribution in [0.3, 0.4) is 0 Å². The normalized spacial score (nSPS) is 25.6. The molecule has 1 amide bonds. The fourth-order valence-electron chi connectivity index (χ4n) is 3.61. The highest BCUT2D eigenvalue weighted by molar-refractivity contribution is 7.09. The minimum Gasteiger partial charge on any atom is -0.467 e. The van der Waals surface area contributed by atoms with E-state index in [9.17, 15) is 4.79 Å². The van der Waals surface area contributed by atoms with Crippen LogP contribution in [0.5, 0.6) is 0 Å². The van der Waals surface area contributed by atoms with E-state index in [0.717, 1.165) is 43.1 Å². The Morgan fingerprint density at radius 2 is 2.17 bits per heavy atom. The topological polar surface area (TPSA) is 45.9 Å². The van der Waals surface area contributed by atoms with Crippen LogP contribution in [0.4, 0.5) is 4.79 Å². The second-order valence-electron chi connectivity index (χ2n) is 6.58. The second kappa shape index (κ2) is 6.99. The summed E-state index contributed by atoms with van der Waals surface area (Å²) in [5, 5.41) is 2.03. The van der Waals surface area contributed by atoms with Crippen molar-refractivity contribution in [2.45, 2.75) is 32.0 Å². The molecule has 0 aromatic carbocycles. The third-order valence-corrected chi connectivity index (χ3v) is 5.82. The molecule has 0 aliphatic carbocycles. The van der Waals surface area contributed by atoms with Crippen LogP contribution in [0, 0.1) is 5.92 Å². The van der Waals surface area contributed by atoms with Crippen molar-refractivity contribution in [3.8, 4) is 0 Å². The van der Waals surface area contributed by atoms with Crippen LogP contribution in [0.15, 0.2) is 40.3 Å². The Morgan fingerprint density at radius 1 is 1.29 bits per heavy atom. The molecule has 0 radical (unpaired) electrons. The number of amides is 1. The molecule has 5 rings (SSSR count). The molecule has 24 heavy (non-hydrogen) atoms. The van der Waals surface area contributed by atoms with Gasteiger partial charge in [0.1, 0.15) is 11.9 Å². The Bertz CT molecular complexity index is 612. The smallest absolute Gasteiger partial charge is 0.410 e. The van der Waals surface area contributed by atoms with E-state index in [-0.39, 0.29) is 12.2 Å². The van der Waals surface area contributed by atoms with Gasteiger partial charge in [-0.25, -0.2) is 4.79 Å². The average molecular weight is 346 g/mol. The monoisotopic (exact) mass is 346 g/mol. The molecule has 2 aromatic rings. The summed E-state index contributed by atoms with van der Waals surface area (Å²) in [6.45, 7) is 4.15. The molecule has 128 valence electrons. The van der Waals surface area contributed by atoms with Crippen molar-refractivity contribution in [1.82, 2.24) is 9.80 Å². The standard InChI is InChI=1S/C18H22N2O3S/c21-18(23-17-13-19-7-5-14(17)6-8-19)20(11-15-3-1-9-22-15)12-16-4-2-10-24-16/h1-4,9-10,14,17H,5-8,11-13H2/t17-/m0/s1. The highest BCUT2D eigenvalue weighted by Gasteiger charge is 2.37. The van der Waals surface area contributed by atoms with Gasteiger partial charge in [-0.05, 0) is 55.4 Å². The molecule has 3 aliphatic heterocycles. The summed E-state index contributed by atoms with van der Waals surface area (Å²) in [5.74, 6) is 1.29. The van der Waals surface area contributed by atoms with E-state index in [0.29, 0.717) is 19.0 Å². The zero-order valence-corrected chi connectivity index (χ0v) is 14.4. The molecule has 0 spiro atoms. The molecule has 3 aliphatic rings. The Morgan fingerprint density at radius 3 is 2.79 bits per heavy atom. The Hall–Kier alpha value is -1.79. The van der Waals surface area contributed by atoms with E-state index >= 15 is 0 Å². The van der Waals surface area contributed by atoms with Gasteiger partial charge in [0, 0.05) is 11.4 Å². The zero-order chi connectivity index (χ0) is 16.4. The van der Waals surface area contributed by atoms with E-state index < -0.39 is 0 Å². The lowest BCUT2D eigenvalue weighted by Gasteiger charge is -2.44. The first-order valence-electron chi connectivity index (χ1n) is 8.50. The number of hydrogen-bond donors (Lipinski definition) is 0. The van der Waals surface area contributed by atoms with Crippen molar-refractivity contribution in [2.75, 3.05) is 19.6 Å². The van der Waals surface area contributed by atoms with Gasteiger partial charge in [-0.2, -0.15) is 0 Å². The minimum absolute atomic E-state index is 0.0300. The van der Waals surface area contributed by atoms with Gasteiger partial charge >= 0.3 is 6.09 Å². The quantitative estimate of drug-likeness (QED) is 0.830. The lowest BCUT2D eigenvalue weighted by Crippen LogP contribution is -2.52. The first-order valence-corrected chi connectivity index (χ1v) is 9.38. The molecule has 1 atom stereocenters. The van der Waals surface area contributed by atoms with Gasteiger partial charge < -0.3 is 9.15 Å². The fraction of sp³-hybridized carbons (Fsp3) is 0.500. The van der Waals surface area contributed by atoms with Crippen molar-refractivity contribution >= 4 is 17.4 Å². The van der Waals surface area contributed by atoms with Crippen molar-refractivity contribution in [1.29, 1.82) is 0 Å². The number of thiophene rings is 1. The summed E-state index contributed by atoms with van der Waals surface area (Å²) in [4.78, 5) is 18.1. The summed E-state index contributed by atoms with van der Waals surface area (Å²) in [6.07, 6.45) is 3.71. The van der Waals surface area contributed by atoms with Crippen LogP contribution in [0.1, 0.15) is 23.5 Å². The van der Waals surface area contributed by atoms with Gasteiger partial charge in [0.25, 0.3) is 0 Å². The summed E-state index contributed by atoms with van der Waals surface area (Å²) < 4.78 is 11.3. The van der Waals surface area contributed by atoms with Crippen LogP contribution in [0.2, 0.25) is 0 Å². The molecular formula is C18H22N2O3S. The van der Waals surface area contributed by atoms with Gasteiger partial charge in [0.05, 0.1) is 19.4 Å². The first-order chi connectivity index (χ1) is 11.8. The number of carbonyl (C=O) groups excluding carboxylic acids is 1. The number of rotatable bonds is 5. The maximum Gasteiger partial charge on any atom is 0.410 e. The fourth-order valence-corrected chi connectivity index (χ4v) is 4.33. The van der Waals surface area contributed by atoms with Gasteiger partial charge in [-0.15, -0.1) is 11.3 Å². The predicted octanol–water partition coefficient (Wildman–Crippen LogP) is 3.57. The molecular weight excluding hydrogens is 324 g/mol. The molecule has 6 heteroatoms. The molecule has 5 heterocycles. The van der Waals surface area contributed by atoms with Crippen LogP contribution in [-0.2, 0) is 17.8 Å². The van der Waals surface area contributed by atoms with E-state index in [4.69, 9.17) is 9.15 Å². The number of fused-ring (bicyclic) bond motifs is 3. The lowest BCUT2D eigenvalue weighted by molar-refractivity contribution is -0.0453. The van der Waals surface area contributed by atoms with Gasteiger partial charge in [0.2, 0.25) is 0 Å². The van der Waals surface area contributed by atoms with Crippen molar-refractivity contribution in [2.24, 2.45) is 5.92 Å². The lowest BCUT2D eigenvalue weighted by atomic mass is 9.86. The number of carbonyl (C=O) groups is 1. The largest absolute Gasteiger partial charge is 0.467 e. The Balaban J connectivity index is 1.44. The average Bonchev–Trinajstić information content (AvgIpc) is 3.29. The van der Waals surface area contributed by atoms with E-state index in [1.54, 1.807) is 22.5 Å². The van der Waals surface area contributed by atoms with E-state index in [2.05, 4.69) is 4.90 Å². The maximum absolute atomic E-state index is 12.8. The number of piperidine rings is 3. The Labute approximate surface area is 145 Å². The number of hydrogen-bond acceptors (Lipinski definition) is 5. The SMILES string of the molecule is O=C(O[C@H]1CN2CCC1CC2)N(Cc1ccco1)Cc1cccs1. The van der Waals surface area contributed by atoms with E-state index in [1.807, 2.05) is 29.6 Å². The van der Waals surface area contributed by atoms with Crippen LogP contribution < -0.4 is 0 Å². The molecule has 2 aromatic heterocycles. The van der Waals surface area contributed by atoms with E-state index in [1.165, 1.54) is 0 Å². The predicted molar refractivity (Wildman–Crippen MR) is 91.7 cm³/mol. The van der Waals surface area contributed by atoms with Crippen LogP contribution in [0.25, 0.3) is 0 Å².